The number of rotatable bonds is 10. The summed E-state index contributed by atoms with van der Waals surface area (Å²) < 4.78 is 5.12. The van der Waals surface area contributed by atoms with Crippen molar-refractivity contribution in [2.75, 3.05) is 20.3 Å². The molecule has 4 amide bonds. The van der Waals surface area contributed by atoms with Crippen molar-refractivity contribution in [3.63, 3.8) is 0 Å². The Bertz CT molecular complexity index is 901. The molecule has 0 aliphatic carbocycles. The van der Waals surface area contributed by atoms with Crippen LogP contribution >= 0.6 is 0 Å². The largest absolute Gasteiger partial charge is 0.497 e. The first kappa shape index (κ1) is 22.3. The van der Waals surface area contributed by atoms with Gasteiger partial charge >= 0.3 is 6.03 Å². The number of amides is 4. The van der Waals surface area contributed by atoms with Crippen LogP contribution in [0.5, 0.6) is 5.75 Å². The van der Waals surface area contributed by atoms with Gasteiger partial charge < -0.3 is 20.5 Å². The van der Waals surface area contributed by atoms with Crippen molar-refractivity contribution in [3.05, 3.63) is 65.7 Å². The molecule has 8 heteroatoms. The van der Waals surface area contributed by atoms with E-state index in [2.05, 4.69) is 10.6 Å². The summed E-state index contributed by atoms with van der Waals surface area (Å²) in [6.45, 7) is 0.00196. The highest BCUT2D eigenvalue weighted by Crippen LogP contribution is 2.15. The first-order valence-electron chi connectivity index (χ1n) is 10.2. The summed E-state index contributed by atoms with van der Waals surface area (Å²) in [6, 6.07) is 15.0. The lowest BCUT2D eigenvalue weighted by Crippen LogP contribution is -2.43. The lowest BCUT2D eigenvalue weighted by Gasteiger charge is -2.17. The predicted octanol–water partition coefficient (Wildman–Crippen LogP) is 1.27. The Hall–Kier alpha value is -3.39. The Kier molecular flexibility index (Phi) is 7.61. The Morgan fingerprint density at radius 2 is 1.84 bits per heavy atom. The molecule has 0 aromatic heterocycles. The van der Waals surface area contributed by atoms with Crippen LogP contribution in [0, 0.1) is 0 Å². The lowest BCUT2D eigenvalue weighted by atomic mass is 10.1. The zero-order chi connectivity index (χ0) is 22.2. The molecule has 2 aromatic rings. The number of imide groups is 1. The van der Waals surface area contributed by atoms with Crippen LogP contribution in [-0.4, -0.2) is 60.2 Å². The summed E-state index contributed by atoms with van der Waals surface area (Å²) in [6.07, 6.45) is 0.808. The van der Waals surface area contributed by atoms with Gasteiger partial charge in [-0.15, -0.1) is 0 Å². The predicted molar refractivity (Wildman–Crippen MR) is 115 cm³/mol. The average Bonchev–Trinajstić information content (AvgIpc) is 3.05. The van der Waals surface area contributed by atoms with E-state index in [0.717, 1.165) is 21.8 Å². The number of benzene rings is 2. The van der Waals surface area contributed by atoms with Crippen molar-refractivity contribution in [3.8, 4) is 5.75 Å². The highest BCUT2D eigenvalue weighted by atomic mass is 16.5. The van der Waals surface area contributed by atoms with Crippen LogP contribution < -0.4 is 15.4 Å². The SMILES string of the molecule is COc1ccc(CCN2C(=O)N[C@@H](CC(=O)N[C@H](CO)Cc3ccccc3)C2=O)cc1. The highest BCUT2D eigenvalue weighted by Gasteiger charge is 2.38. The topological polar surface area (TPSA) is 108 Å². The Labute approximate surface area is 181 Å². The summed E-state index contributed by atoms with van der Waals surface area (Å²) >= 11 is 0. The number of nitrogens with zero attached hydrogens (tertiary/aromatic N) is 1. The molecule has 1 heterocycles. The second kappa shape index (κ2) is 10.6. The van der Waals surface area contributed by atoms with E-state index >= 15 is 0 Å². The maximum absolute atomic E-state index is 12.6. The number of carbonyl (C=O) groups excluding carboxylic acids is 3. The molecule has 8 nitrogen and oxygen atoms in total. The van der Waals surface area contributed by atoms with E-state index in [1.165, 1.54) is 0 Å². The smallest absolute Gasteiger partial charge is 0.324 e. The number of hydrogen-bond acceptors (Lipinski definition) is 5. The van der Waals surface area contributed by atoms with Crippen molar-refractivity contribution >= 4 is 17.8 Å². The van der Waals surface area contributed by atoms with Crippen molar-refractivity contribution in [1.82, 2.24) is 15.5 Å². The first-order valence-corrected chi connectivity index (χ1v) is 10.2. The highest BCUT2D eigenvalue weighted by molar-refractivity contribution is 6.05. The molecule has 1 fully saturated rings. The molecule has 2 aromatic carbocycles. The fourth-order valence-corrected chi connectivity index (χ4v) is 3.49. The van der Waals surface area contributed by atoms with Gasteiger partial charge in [0.2, 0.25) is 5.91 Å². The molecular formula is C23H27N3O5. The quantitative estimate of drug-likeness (QED) is 0.497. The van der Waals surface area contributed by atoms with Gasteiger partial charge in [0.25, 0.3) is 5.91 Å². The Balaban J connectivity index is 1.50. The van der Waals surface area contributed by atoms with Gasteiger partial charge in [-0.2, -0.15) is 0 Å². The number of methoxy groups -OCH3 is 1. The second-order valence-corrected chi connectivity index (χ2v) is 7.43. The normalized spacial score (nSPS) is 16.7. The fraction of sp³-hybridized carbons (Fsp3) is 0.348. The molecule has 0 radical (unpaired) electrons. The van der Waals surface area contributed by atoms with Crippen LogP contribution in [0.25, 0.3) is 0 Å². The summed E-state index contributed by atoms with van der Waals surface area (Å²) in [4.78, 5) is 38.4. The number of nitrogens with one attached hydrogen (secondary N) is 2. The number of hydrogen-bond donors (Lipinski definition) is 3. The van der Waals surface area contributed by atoms with E-state index in [1.807, 2.05) is 54.6 Å². The minimum atomic E-state index is -0.903. The molecule has 3 N–H and O–H groups in total. The van der Waals surface area contributed by atoms with Gasteiger partial charge in [0, 0.05) is 6.54 Å². The molecule has 1 aliphatic heterocycles. The summed E-state index contributed by atoms with van der Waals surface area (Å²) in [5, 5.41) is 14.9. The molecule has 3 rings (SSSR count). The number of aliphatic hydroxyl groups is 1. The maximum Gasteiger partial charge on any atom is 0.324 e. The number of ether oxygens (including phenoxy) is 1. The molecule has 0 saturated carbocycles. The van der Waals surface area contributed by atoms with Gasteiger partial charge in [-0.25, -0.2) is 4.79 Å². The van der Waals surface area contributed by atoms with Gasteiger partial charge in [-0.3, -0.25) is 14.5 Å². The molecule has 164 valence electrons. The summed E-state index contributed by atoms with van der Waals surface area (Å²) in [5.41, 5.74) is 1.95. The lowest BCUT2D eigenvalue weighted by molar-refractivity contribution is -0.131. The van der Waals surface area contributed by atoms with Crippen LogP contribution in [0.1, 0.15) is 17.5 Å². The molecule has 0 unspecified atom stereocenters. The Morgan fingerprint density at radius 1 is 1.13 bits per heavy atom. The molecule has 2 atom stereocenters. The standard InChI is InChI=1S/C23H27N3O5/c1-31-19-9-7-16(8-10-19)11-12-26-22(29)20(25-23(26)30)14-21(28)24-18(15-27)13-17-5-3-2-4-6-17/h2-10,18,20,27H,11-15H2,1H3,(H,24,28)(H,25,30)/t18-,20-/m0/s1. The molecule has 0 bridgehead atoms. The number of urea groups is 1. The molecule has 31 heavy (non-hydrogen) atoms. The molecule has 0 spiro atoms. The third-order valence-electron chi connectivity index (χ3n) is 5.19. The summed E-state index contributed by atoms with van der Waals surface area (Å²) in [7, 11) is 1.59. The average molecular weight is 425 g/mol. The summed E-state index contributed by atoms with van der Waals surface area (Å²) in [5.74, 6) is -0.0822. The van der Waals surface area contributed by atoms with E-state index < -0.39 is 29.9 Å². The fourth-order valence-electron chi connectivity index (χ4n) is 3.49. The van der Waals surface area contributed by atoms with Gasteiger partial charge in [0.05, 0.1) is 26.2 Å². The van der Waals surface area contributed by atoms with Crippen LogP contribution in [0.2, 0.25) is 0 Å². The van der Waals surface area contributed by atoms with Gasteiger partial charge in [-0.1, -0.05) is 42.5 Å². The zero-order valence-electron chi connectivity index (χ0n) is 17.4. The minimum Gasteiger partial charge on any atom is -0.497 e. The first-order chi connectivity index (χ1) is 15.0. The third kappa shape index (κ3) is 6.05. The van der Waals surface area contributed by atoms with E-state index in [4.69, 9.17) is 4.74 Å². The van der Waals surface area contributed by atoms with Gasteiger partial charge in [-0.05, 0) is 36.1 Å². The zero-order valence-corrected chi connectivity index (χ0v) is 17.4. The molecule has 1 saturated heterocycles. The van der Waals surface area contributed by atoms with E-state index in [0.29, 0.717) is 12.8 Å². The maximum atomic E-state index is 12.6. The van der Waals surface area contributed by atoms with E-state index in [1.54, 1.807) is 7.11 Å². The van der Waals surface area contributed by atoms with E-state index in [9.17, 15) is 19.5 Å². The van der Waals surface area contributed by atoms with Crippen LogP contribution in [0.4, 0.5) is 4.79 Å². The second-order valence-electron chi connectivity index (χ2n) is 7.43. The number of carbonyl (C=O) groups is 3. The van der Waals surface area contributed by atoms with Crippen molar-refractivity contribution in [1.29, 1.82) is 0 Å². The number of aliphatic hydroxyl groups excluding tert-OH is 1. The van der Waals surface area contributed by atoms with Crippen LogP contribution in [-0.2, 0) is 22.4 Å². The van der Waals surface area contributed by atoms with Crippen LogP contribution in [0.3, 0.4) is 0 Å². The Morgan fingerprint density at radius 3 is 2.48 bits per heavy atom. The van der Waals surface area contributed by atoms with Gasteiger partial charge in [0.15, 0.2) is 0 Å². The van der Waals surface area contributed by atoms with Crippen molar-refractivity contribution < 1.29 is 24.2 Å². The van der Waals surface area contributed by atoms with Crippen molar-refractivity contribution in [2.45, 2.75) is 31.3 Å². The van der Waals surface area contributed by atoms with Crippen LogP contribution in [0.15, 0.2) is 54.6 Å². The van der Waals surface area contributed by atoms with Gasteiger partial charge in [0.1, 0.15) is 11.8 Å². The monoisotopic (exact) mass is 425 g/mol. The molecular weight excluding hydrogens is 398 g/mol. The minimum absolute atomic E-state index is 0.172. The van der Waals surface area contributed by atoms with E-state index in [-0.39, 0.29) is 19.6 Å². The van der Waals surface area contributed by atoms with Crippen molar-refractivity contribution in [2.24, 2.45) is 0 Å². The molecule has 1 aliphatic rings. The third-order valence-corrected chi connectivity index (χ3v) is 5.19.